The first-order valence-corrected chi connectivity index (χ1v) is 10.8. The highest BCUT2D eigenvalue weighted by Gasteiger charge is 2.53. The van der Waals surface area contributed by atoms with Crippen LogP contribution in [0.25, 0.3) is 5.57 Å². The summed E-state index contributed by atoms with van der Waals surface area (Å²) in [6, 6.07) is 6.29. The third-order valence-electron chi connectivity index (χ3n) is 6.72. The number of carbonyl (C=O) groups excluding carboxylic acids is 3. The summed E-state index contributed by atoms with van der Waals surface area (Å²) < 4.78 is 21.7. The van der Waals surface area contributed by atoms with Crippen LogP contribution in [-0.2, 0) is 15.0 Å². The van der Waals surface area contributed by atoms with Gasteiger partial charge in [-0.05, 0) is 66.5 Å². The van der Waals surface area contributed by atoms with Crippen LogP contribution in [0.1, 0.15) is 40.9 Å². The van der Waals surface area contributed by atoms with Crippen LogP contribution in [0.3, 0.4) is 0 Å². The highest BCUT2D eigenvalue weighted by atomic mass is 16.6. The van der Waals surface area contributed by atoms with Crippen molar-refractivity contribution in [3.05, 3.63) is 74.0 Å². The van der Waals surface area contributed by atoms with Crippen molar-refractivity contribution in [1.82, 2.24) is 0 Å². The van der Waals surface area contributed by atoms with Crippen LogP contribution in [0.2, 0.25) is 0 Å². The second-order valence-corrected chi connectivity index (χ2v) is 8.42. The van der Waals surface area contributed by atoms with E-state index in [1.807, 2.05) is 0 Å². The molecule has 10 heteroatoms. The molecule has 0 spiro atoms. The maximum absolute atomic E-state index is 12.8. The first-order chi connectivity index (χ1) is 17.0. The predicted molar refractivity (Wildman–Crippen MR) is 128 cm³/mol. The summed E-state index contributed by atoms with van der Waals surface area (Å²) in [5, 5.41) is 12.0. The van der Waals surface area contributed by atoms with Gasteiger partial charge in [-0.25, -0.2) is 0 Å². The van der Waals surface area contributed by atoms with Gasteiger partial charge in [0.25, 0.3) is 0 Å². The highest BCUT2D eigenvalue weighted by molar-refractivity contribution is 6.50. The van der Waals surface area contributed by atoms with E-state index in [1.165, 1.54) is 47.5 Å². The molecular formula is C26H23NO9. The molecule has 0 fully saturated rings. The minimum absolute atomic E-state index is 0.00709. The van der Waals surface area contributed by atoms with Gasteiger partial charge in [0.1, 0.15) is 0 Å². The molecule has 0 heterocycles. The lowest BCUT2D eigenvalue weighted by Gasteiger charge is -2.31. The van der Waals surface area contributed by atoms with Gasteiger partial charge in [0.05, 0.1) is 38.9 Å². The van der Waals surface area contributed by atoms with Gasteiger partial charge >= 0.3 is 11.5 Å². The molecule has 0 aliphatic heterocycles. The number of hydrogen-bond donors (Lipinski definition) is 0. The summed E-state index contributed by atoms with van der Waals surface area (Å²) in [6.45, 7) is 3.10. The van der Waals surface area contributed by atoms with Crippen molar-refractivity contribution in [2.24, 2.45) is 0 Å². The van der Waals surface area contributed by atoms with E-state index >= 15 is 0 Å². The molecule has 2 aliphatic rings. The lowest BCUT2D eigenvalue weighted by atomic mass is 9.70. The minimum atomic E-state index is -1.29. The molecule has 10 nitrogen and oxygen atoms in total. The molecule has 2 aliphatic carbocycles. The number of rotatable bonds is 7. The van der Waals surface area contributed by atoms with Gasteiger partial charge in [0.15, 0.2) is 28.8 Å². The number of allylic oxidation sites excluding steroid dienone is 4. The standard InChI is InChI=1S/C26H23NO9/c1-12(28)13-7-19(33-3)21(35-5)10-15(13)26(2)16-11-22(36-6)20(34-4)8-14(16)23-17(26)9-18(29)25(30)24(23)27(31)32/h7-11H,1-6H3. The predicted octanol–water partition coefficient (Wildman–Crippen LogP) is 3.31. The van der Waals surface area contributed by atoms with Gasteiger partial charge in [0, 0.05) is 11.0 Å². The van der Waals surface area contributed by atoms with E-state index in [4.69, 9.17) is 18.9 Å². The summed E-state index contributed by atoms with van der Waals surface area (Å²) in [7, 11) is 5.72. The van der Waals surface area contributed by atoms with E-state index in [2.05, 4.69) is 0 Å². The van der Waals surface area contributed by atoms with Crippen molar-refractivity contribution in [2.45, 2.75) is 19.3 Å². The molecule has 0 aromatic heterocycles. The molecule has 1 atom stereocenters. The summed E-state index contributed by atoms with van der Waals surface area (Å²) in [4.78, 5) is 49.4. The van der Waals surface area contributed by atoms with Crippen LogP contribution >= 0.6 is 0 Å². The Morgan fingerprint density at radius 3 is 1.86 bits per heavy atom. The molecule has 4 rings (SSSR count). The third kappa shape index (κ3) is 3.29. The van der Waals surface area contributed by atoms with Crippen molar-refractivity contribution in [3.63, 3.8) is 0 Å². The average molecular weight is 493 g/mol. The number of methoxy groups -OCH3 is 4. The lowest BCUT2D eigenvalue weighted by Crippen LogP contribution is -2.31. The van der Waals surface area contributed by atoms with E-state index in [1.54, 1.807) is 19.1 Å². The fourth-order valence-electron chi connectivity index (χ4n) is 4.99. The van der Waals surface area contributed by atoms with Gasteiger partial charge in [-0.2, -0.15) is 0 Å². The van der Waals surface area contributed by atoms with Gasteiger partial charge in [0.2, 0.25) is 5.78 Å². The highest BCUT2D eigenvalue weighted by Crippen LogP contribution is 2.59. The van der Waals surface area contributed by atoms with E-state index in [-0.39, 0.29) is 28.2 Å². The Balaban J connectivity index is 2.23. The van der Waals surface area contributed by atoms with Gasteiger partial charge in [-0.3, -0.25) is 24.5 Å². The number of carbonyl (C=O) groups is 3. The fourth-order valence-corrected chi connectivity index (χ4v) is 4.99. The van der Waals surface area contributed by atoms with Crippen LogP contribution in [0, 0.1) is 10.1 Å². The Labute approximate surface area is 206 Å². The van der Waals surface area contributed by atoms with Crippen LogP contribution in [0.4, 0.5) is 0 Å². The molecule has 0 amide bonds. The van der Waals surface area contributed by atoms with Crippen LogP contribution in [-0.4, -0.2) is 50.7 Å². The number of fused-ring (bicyclic) bond motifs is 3. The van der Waals surface area contributed by atoms with Crippen molar-refractivity contribution >= 4 is 22.9 Å². The zero-order valence-electron chi connectivity index (χ0n) is 20.5. The fraction of sp³-hybridized carbons (Fsp3) is 0.269. The molecule has 0 radical (unpaired) electrons. The minimum Gasteiger partial charge on any atom is -0.493 e. The van der Waals surface area contributed by atoms with Crippen molar-refractivity contribution in [2.75, 3.05) is 28.4 Å². The van der Waals surface area contributed by atoms with E-state index in [9.17, 15) is 24.5 Å². The Kier molecular flexibility index (Phi) is 5.91. The summed E-state index contributed by atoms with van der Waals surface area (Å²) in [5.74, 6) is -1.32. The number of ether oxygens (including phenoxy) is 4. The first-order valence-electron chi connectivity index (χ1n) is 10.8. The first kappa shape index (κ1) is 24.6. The van der Waals surface area contributed by atoms with Crippen molar-refractivity contribution < 1.29 is 38.3 Å². The Hall–Kier alpha value is -4.47. The topological polar surface area (TPSA) is 131 Å². The van der Waals surface area contributed by atoms with Gasteiger partial charge < -0.3 is 18.9 Å². The second-order valence-electron chi connectivity index (χ2n) is 8.42. The quantitative estimate of drug-likeness (QED) is 0.187. The molecule has 2 aromatic carbocycles. The number of benzene rings is 2. The normalized spacial score (nSPS) is 18.3. The van der Waals surface area contributed by atoms with E-state index < -0.39 is 27.6 Å². The summed E-state index contributed by atoms with van der Waals surface area (Å²) in [5.41, 5.74) is -0.457. The number of hydrogen-bond acceptors (Lipinski definition) is 9. The van der Waals surface area contributed by atoms with Crippen LogP contribution in [0.15, 0.2) is 41.6 Å². The monoisotopic (exact) mass is 493 g/mol. The number of nitro groups is 1. The Morgan fingerprint density at radius 1 is 0.861 bits per heavy atom. The maximum Gasteiger partial charge on any atom is 0.328 e. The maximum atomic E-state index is 12.8. The Morgan fingerprint density at radius 2 is 1.36 bits per heavy atom. The van der Waals surface area contributed by atoms with Gasteiger partial charge in [-0.15, -0.1) is 0 Å². The van der Waals surface area contributed by atoms with Gasteiger partial charge in [-0.1, -0.05) is 0 Å². The smallest absolute Gasteiger partial charge is 0.328 e. The zero-order valence-corrected chi connectivity index (χ0v) is 20.5. The molecule has 0 N–H and O–H groups in total. The Bertz CT molecular complexity index is 1430. The lowest BCUT2D eigenvalue weighted by molar-refractivity contribution is -0.417. The third-order valence-corrected chi connectivity index (χ3v) is 6.72. The largest absolute Gasteiger partial charge is 0.493 e. The second kappa shape index (κ2) is 8.63. The molecule has 0 bridgehead atoms. The molecule has 36 heavy (non-hydrogen) atoms. The summed E-state index contributed by atoms with van der Waals surface area (Å²) in [6.07, 6.45) is 1.10. The van der Waals surface area contributed by atoms with Crippen molar-refractivity contribution in [3.8, 4) is 23.0 Å². The van der Waals surface area contributed by atoms with Crippen molar-refractivity contribution in [1.29, 1.82) is 0 Å². The molecule has 0 saturated carbocycles. The zero-order chi connectivity index (χ0) is 26.5. The summed E-state index contributed by atoms with van der Waals surface area (Å²) >= 11 is 0. The molecule has 1 unspecified atom stereocenters. The molecule has 0 saturated heterocycles. The average Bonchev–Trinajstić information content (AvgIpc) is 3.10. The van der Waals surface area contributed by atoms with Crippen LogP contribution < -0.4 is 18.9 Å². The van der Waals surface area contributed by atoms with E-state index in [0.29, 0.717) is 33.9 Å². The molecular weight excluding hydrogens is 470 g/mol. The number of Topliss-reactive ketones (excluding diaryl/α,β-unsaturated/α-hetero) is 2. The number of ketones is 3. The van der Waals surface area contributed by atoms with E-state index in [0.717, 1.165) is 6.08 Å². The molecule has 2 aromatic rings. The SMILES string of the molecule is COc1cc(C(C)=O)c(C2(C)C3=CC(=O)C(=O)C([N+](=O)[O-])=C3c3cc(OC)c(OC)cc32)cc1OC. The molecule has 186 valence electrons. The van der Waals surface area contributed by atoms with Crippen LogP contribution in [0.5, 0.6) is 23.0 Å². The number of nitrogens with zero attached hydrogens (tertiary/aromatic N) is 1.